The Morgan fingerprint density at radius 3 is 2.83 bits per heavy atom. The molecule has 3 rings (SSSR count). The van der Waals surface area contributed by atoms with E-state index in [1.165, 1.54) is 0 Å². The Bertz CT molecular complexity index is 685. The van der Waals surface area contributed by atoms with Crippen LogP contribution in [0.4, 0.5) is 0 Å². The lowest BCUT2D eigenvalue weighted by Gasteiger charge is -2.37. The number of piperidine rings is 1. The molecule has 1 aromatic carbocycles. The van der Waals surface area contributed by atoms with E-state index in [1.807, 2.05) is 49.3 Å². The van der Waals surface area contributed by atoms with Crippen molar-refractivity contribution in [2.24, 2.45) is 0 Å². The summed E-state index contributed by atoms with van der Waals surface area (Å²) in [6.07, 6.45) is 1.96. The van der Waals surface area contributed by atoms with E-state index < -0.39 is 0 Å². The minimum absolute atomic E-state index is 0.0289. The van der Waals surface area contributed by atoms with Gasteiger partial charge in [-0.2, -0.15) is 4.98 Å². The molecule has 6 nitrogen and oxygen atoms in total. The lowest BCUT2D eigenvalue weighted by molar-refractivity contribution is -0.135. The molecule has 24 heavy (non-hydrogen) atoms. The second-order valence-corrected chi connectivity index (χ2v) is 6.45. The number of hydrogen-bond acceptors (Lipinski definition) is 5. The van der Waals surface area contributed by atoms with Gasteiger partial charge in [-0.15, -0.1) is 0 Å². The molecule has 128 valence electrons. The number of hydrogen-bond donors (Lipinski definition) is 1. The summed E-state index contributed by atoms with van der Waals surface area (Å²) in [6.45, 7) is 2.08. The van der Waals surface area contributed by atoms with Crippen LogP contribution in [0.15, 0.2) is 34.9 Å². The van der Waals surface area contributed by atoms with Gasteiger partial charge in [0.05, 0.1) is 12.0 Å². The van der Waals surface area contributed by atoms with Crippen LogP contribution in [-0.4, -0.2) is 41.1 Å². The molecule has 1 amide bonds. The lowest BCUT2D eigenvalue weighted by Crippen LogP contribution is -2.39. The number of aromatic nitrogens is 2. The van der Waals surface area contributed by atoms with Gasteiger partial charge in [0.2, 0.25) is 11.8 Å². The van der Waals surface area contributed by atoms with Gasteiger partial charge in [0.1, 0.15) is 0 Å². The Labute approximate surface area is 142 Å². The molecule has 2 aromatic rings. The normalized spacial score (nSPS) is 22.6. The fourth-order valence-corrected chi connectivity index (χ4v) is 3.28. The Balaban J connectivity index is 1.88. The van der Waals surface area contributed by atoms with E-state index in [1.54, 1.807) is 0 Å². The van der Waals surface area contributed by atoms with Gasteiger partial charge in [-0.05, 0) is 26.0 Å². The van der Waals surface area contributed by atoms with Crippen molar-refractivity contribution in [2.45, 2.75) is 44.2 Å². The first-order valence-corrected chi connectivity index (χ1v) is 8.40. The maximum Gasteiger partial charge on any atom is 0.232 e. The molecule has 3 atom stereocenters. The number of rotatable bonds is 5. The number of benzene rings is 1. The lowest BCUT2D eigenvalue weighted by atomic mass is 9.84. The van der Waals surface area contributed by atoms with Crippen molar-refractivity contribution in [3.05, 3.63) is 47.6 Å². The van der Waals surface area contributed by atoms with E-state index in [0.717, 1.165) is 18.4 Å². The molecule has 1 aliphatic rings. The van der Waals surface area contributed by atoms with Crippen molar-refractivity contribution >= 4 is 5.91 Å². The summed E-state index contributed by atoms with van der Waals surface area (Å²) in [5.41, 5.74) is 1.10. The van der Waals surface area contributed by atoms with Crippen molar-refractivity contribution < 1.29 is 9.32 Å². The SMILES string of the molecule is CNC(C)Cc1noc(C2CCC(=O)N(C)C2c2ccccc2)n1. The first kappa shape index (κ1) is 16.6. The molecule has 1 fully saturated rings. The summed E-state index contributed by atoms with van der Waals surface area (Å²) in [7, 11) is 3.77. The van der Waals surface area contributed by atoms with Crippen LogP contribution in [0.2, 0.25) is 0 Å². The van der Waals surface area contributed by atoms with Crippen LogP contribution in [-0.2, 0) is 11.2 Å². The zero-order valence-corrected chi connectivity index (χ0v) is 14.4. The van der Waals surface area contributed by atoms with E-state index in [9.17, 15) is 4.79 Å². The molecule has 2 heterocycles. The van der Waals surface area contributed by atoms with Gasteiger partial charge in [0, 0.05) is 25.9 Å². The zero-order chi connectivity index (χ0) is 17.1. The predicted octanol–water partition coefficient (Wildman–Crippen LogP) is 2.30. The van der Waals surface area contributed by atoms with Crippen molar-refractivity contribution in [2.75, 3.05) is 14.1 Å². The van der Waals surface area contributed by atoms with E-state index in [0.29, 0.717) is 18.1 Å². The van der Waals surface area contributed by atoms with E-state index in [-0.39, 0.29) is 23.9 Å². The average molecular weight is 328 g/mol. The van der Waals surface area contributed by atoms with Gasteiger partial charge in [0.25, 0.3) is 0 Å². The number of carbonyl (C=O) groups excluding carboxylic acids is 1. The van der Waals surface area contributed by atoms with Crippen LogP contribution in [0.1, 0.15) is 49.0 Å². The molecule has 0 bridgehead atoms. The van der Waals surface area contributed by atoms with Crippen LogP contribution in [0.3, 0.4) is 0 Å². The van der Waals surface area contributed by atoms with E-state index in [4.69, 9.17) is 4.52 Å². The van der Waals surface area contributed by atoms with Gasteiger partial charge in [-0.3, -0.25) is 4.79 Å². The molecule has 6 heteroatoms. The summed E-state index contributed by atoms with van der Waals surface area (Å²) in [5, 5.41) is 7.30. The number of likely N-dealkylation sites (N-methyl/N-ethyl adjacent to an activating group) is 2. The van der Waals surface area contributed by atoms with Crippen LogP contribution < -0.4 is 5.32 Å². The van der Waals surface area contributed by atoms with Gasteiger partial charge in [0.15, 0.2) is 5.82 Å². The highest BCUT2D eigenvalue weighted by Gasteiger charge is 2.38. The fourth-order valence-electron chi connectivity index (χ4n) is 3.28. The fraction of sp³-hybridized carbons (Fsp3) is 0.500. The second-order valence-electron chi connectivity index (χ2n) is 6.45. The monoisotopic (exact) mass is 328 g/mol. The Hall–Kier alpha value is -2.21. The van der Waals surface area contributed by atoms with Crippen LogP contribution in [0.25, 0.3) is 0 Å². The van der Waals surface area contributed by atoms with Gasteiger partial charge in [-0.25, -0.2) is 0 Å². The van der Waals surface area contributed by atoms with Crippen LogP contribution in [0.5, 0.6) is 0 Å². The maximum absolute atomic E-state index is 12.2. The maximum atomic E-state index is 12.2. The third kappa shape index (κ3) is 3.33. The van der Waals surface area contributed by atoms with Crippen molar-refractivity contribution in [1.29, 1.82) is 0 Å². The highest BCUT2D eigenvalue weighted by Crippen LogP contribution is 2.41. The van der Waals surface area contributed by atoms with Crippen LogP contribution >= 0.6 is 0 Å². The topological polar surface area (TPSA) is 71.3 Å². The Kier molecular flexibility index (Phi) is 4.94. The standard InChI is InChI=1S/C18H24N4O2/c1-12(19-2)11-15-20-18(24-21-15)14-9-10-16(23)22(3)17(14)13-7-5-4-6-8-13/h4-8,12,14,17,19H,9-11H2,1-3H3. The molecule has 3 unspecified atom stereocenters. The number of amides is 1. The number of carbonyl (C=O) groups is 1. The van der Waals surface area contributed by atoms with Gasteiger partial charge in [-0.1, -0.05) is 35.5 Å². The quantitative estimate of drug-likeness (QED) is 0.912. The molecule has 0 radical (unpaired) electrons. The van der Waals surface area contributed by atoms with Crippen molar-refractivity contribution in [1.82, 2.24) is 20.4 Å². The largest absolute Gasteiger partial charge is 0.339 e. The first-order chi connectivity index (χ1) is 11.6. The van der Waals surface area contributed by atoms with Gasteiger partial charge >= 0.3 is 0 Å². The third-order valence-electron chi connectivity index (χ3n) is 4.78. The highest BCUT2D eigenvalue weighted by molar-refractivity contribution is 5.77. The second kappa shape index (κ2) is 7.13. The summed E-state index contributed by atoms with van der Waals surface area (Å²) in [4.78, 5) is 18.6. The zero-order valence-electron chi connectivity index (χ0n) is 14.4. The number of nitrogens with one attached hydrogen (secondary N) is 1. The van der Waals surface area contributed by atoms with Crippen LogP contribution in [0, 0.1) is 0 Å². The average Bonchev–Trinajstić information content (AvgIpc) is 3.06. The summed E-state index contributed by atoms with van der Waals surface area (Å²) < 4.78 is 5.56. The molecule has 1 N–H and O–H groups in total. The van der Waals surface area contributed by atoms with E-state index >= 15 is 0 Å². The first-order valence-electron chi connectivity index (χ1n) is 8.40. The minimum Gasteiger partial charge on any atom is -0.339 e. The van der Waals surface area contributed by atoms with Gasteiger partial charge < -0.3 is 14.7 Å². The summed E-state index contributed by atoms with van der Waals surface area (Å²) in [5.74, 6) is 1.52. The molecule has 0 aliphatic carbocycles. The third-order valence-corrected chi connectivity index (χ3v) is 4.78. The number of nitrogens with zero attached hydrogens (tertiary/aromatic N) is 3. The molecule has 1 aromatic heterocycles. The molecule has 0 spiro atoms. The predicted molar refractivity (Wildman–Crippen MR) is 90.5 cm³/mol. The van der Waals surface area contributed by atoms with Crippen molar-refractivity contribution in [3.63, 3.8) is 0 Å². The Morgan fingerprint density at radius 2 is 2.12 bits per heavy atom. The molecule has 1 saturated heterocycles. The molecule has 1 aliphatic heterocycles. The molecule has 0 saturated carbocycles. The smallest absolute Gasteiger partial charge is 0.232 e. The minimum atomic E-state index is -0.0672. The summed E-state index contributed by atoms with van der Waals surface area (Å²) >= 11 is 0. The van der Waals surface area contributed by atoms with Crippen molar-refractivity contribution in [3.8, 4) is 0 Å². The highest BCUT2D eigenvalue weighted by atomic mass is 16.5. The number of likely N-dealkylation sites (tertiary alicyclic amines) is 1. The van der Waals surface area contributed by atoms with E-state index in [2.05, 4.69) is 22.4 Å². The molecular weight excluding hydrogens is 304 g/mol. The summed E-state index contributed by atoms with van der Waals surface area (Å²) in [6, 6.07) is 10.3. The molecular formula is C18H24N4O2. The Morgan fingerprint density at radius 1 is 1.38 bits per heavy atom.